The molecule has 0 aliphatic heterocycles. The summed E-state index contributed by atoms with van der Waals surface area (Å²) in [7, 11) is 0. The number of imide groups is 1. The van der Waals surface area contributed by atoms with Gasteiger partial charge >= 0.3 is 6.09 Å². The number of rotatable bonds is 7. The lowest BCUT2D eigenvalue weighted by Gasteiger charge is -2.15. The van der Waals surface area contributed by atoms with Crippen LogP contribution in [-0.4, -0.2) is 29.6 Å². The van der Waals surface area contributed by atoms with Gasteiger partial charge in [0.1, 0.15) is 5.75 Å². The van der Waals surface area contributed by atoms with Crippen LogP contribution in [0.5, 0.6) is 11.5 Å². The van der Waals surface area contributed by atoms with Crippen LogP contribution < -0.4 is 26.5 Å². The summed E-state index contributed by atoms with van der Waals surface area (Å²) in [6.07, 6.45) is 0.569. The van der Waals surface area contributed by atoms with Crippen LogP contribution in [0.1, 0.15) is 6.92 Å². The average Bonchev–Trinajstić information content (AvgIpc) is 2.77. The summed E-state index contributed by atoms with van der Waals surface area (Å²) in [6.45, 7) is 1.65. The van der Waals surface area contributed by atoms with Crippen molar-refractivity contribution in [1.29, 1.82) is 5.26 Å². The Balaban J connectivity index is 1.71. The zero-order valence-corrected chi connectivity index (χ0v) is 18.6. The number of benzene rings is 2. The molecule has 0 saturated carbocycles. The van der Waals surface area contributed by atoms with Crippen LogP contribution in [0, 0.1) is 11.3 Å². The van der Waals surface area contributed by atoms with Gasteiger partial charge in [-0.3, -0.25) is 14.9 Å². The van der Waals surface area contributed by atoms with Gasteiger partial charge < -0.3 is 19.9 Å². The molecule has 0 saturated heterocycles. The van der Waals surface area contributed by atoms with E-state index in [-0.39, 0.29) is 28.0 Å². The minimum absolute atomic E-state index is 0.0743. The van der Waals surface area contributed by atoms with E-state index in [0.29, 0.717) is 22.2 Å². The number of amides is 2. The molecule has 1 aromatic heterocycles. The molecule has 0 aliphatic rings. The second-order valence-electron chi connectivity index (χ2n) is 6.47. The first-order chi connectivity index (χ1) is 15.8. The first-order valence-corrected chi connectivity index (χ1v) is 10.2. The summed E-state index contributed by atoms with van der Waals surface area (Å²) in [6, 6.07) is 9.84. The predicted octanol–water partition coefficient (Wildman–Crippen LogP) is 3.71. The monoisotopic (exact) mass is 489 g/mol. The molecule has 3 rings (SSSR count). The highest BCUT2D eigenvalue weighted by Gasteiger charge is 2.21. The average molecular weight is 490 g/mol. The molecule has 2 amide bonds. The molecule has 0 radical (unpaired) electrons. The molecule has 0 spiro atoms. The van der Waals surface area contributed by atoms with Gasteiger partial charge in [0.05, 0.1) is 28.4 Å². The van der Waals surface area contributed by atoms with Crippen molar-refractivity contribution < 1.29 is 19.1 Å². The fraction of sp³-hybridized carbons (Fsp3) is 0.143. The summed E-state index contributed by atoms with van der Waals surface area (Å²) in [5, 5.41) is 12.6. The van der Waals surface area contributed by atoms with Gasteiger partial charge in [0.2, 0.25) is 0 Å². The Labute approximate surface area is 197 Å². The Hall–Kier alpha value is -3.78. The van der Waals surface area contributed by atoms with Crippen LogP contribution in [-0.2, 0) is 9.53 Å². The number of halogens is 2. The molecular formula is C21H17Cl2N5O5. The van der Waals surface area contributed by atoms with Crippen molar-refractivity contribution in [1.82, 2.24) is 15.7 Å². The SMILES string of the molecule is CCOC(=O)NC(=O)C(C#N)NNc1cc(Cl)c(Oc2ccc3c(=O)[nH]ccc3c2)c(Cl)c1. The maximum absolute atomic E-state index is 12.0. The van der Waals surface area contributed by atoms with Crippen LogP contribution in [0.3, 0.4) is 0 Å². The molecule has 2 aromatic carbocycles. The molecule has 170 valence electrons. The summed E-state index contributed by atoms with van der Waals surface area (Å²) in [5.41, 5.74) is 5.20. The van der Waals surface area contributed by atoms with E-state index < -0.39 is 18.0 Å². The number of aromatic nitrogens is 1. The summed E-state index contributed by atoms with van der Waals surface area (Å²) in [4.78, 5) is 37.7. The van der Waals surface area contributed by atoms with Crippen molar-refractivity contribution in [2.45, 2.75) is 13.0 Å². The van der Waals surface area contributed by atoms with E-state index in [9.17, 15) is 14.4 Å². The molecule has 0 fully saturated rings. The predicted molar refractivity (Wildman–Crippen MR) is 122 cm³/mol. The van der Waals surface area contributed by atoms with Gasteiger partial charge in [-0.1, -0.05) is 23.2 Å². The number of carbonyl (C=O) groups is 2. The van der Waals surface area contributed by atoms with E-state index in [1.807, 2.05) is 5.32 Å². The van der Waals surface area contributed by atoms with Gasteiger partial charge in [-0.15, -0.1) is 0 Å². The van der Waals surface area contributed by atoms with Crippen LogP contribution in [0.4, 0.5) is 10.5 Å². The van der Waals surface area contributed by atoms with Gasteiger partial charge in [0.15, 0.2) is 11.8 Å². The smallest absolute Gasteiger partial charge is 0.413 e. The molecule has 0 bridgehead atoms. The second-order valence-corrected chi connectivity index (χ2v) is 7.28. The Kier molecular flexibility index (Phi) is 7.74. The lowest BCUT2D eigenvalue weighted by Crippen LogP contribution is -2.47. The number of hydrogen-bond donors (Lipinski definition) is 4. The number of fused-ring (bicyclic) bond motifs is 1. The van der Waals surface area contributed by atoms with Crippen molar-refractivity contribution in [2.24, 2.45) is 0 Å². The number of carbonyl (C=O) groups excluding carboxylic acids is 2. The molecule has 33 heavy (non-hydrogen) atoms. The topological polar surface area (TPSA) is 145 Å². The number of nitrogens with one attached hydrogen (secondary N) is 4. The standard InChI is InChI=1S/C21H17Cl2N5O5/c1-2-32-21(31)26-20(30)17(10-24)28-27-12-8-15(22)18(16(23)9-12)33-13-3-4-14-11(7-13)5-6-25-19(14)29/h3-9,17,27-28H,2H2,1H3,(H,25,29)(H,26,30,31). The normalized spacial score (nSPS) is 11.3. The minimum Gasteiger partial charge on any atom is -0.454 e. The van der Waals surface area contributed by atoms with Crippen LogP contribution in [0.15, 0.2) is 47.4 Å². The highest BCUT2D eigenvalue weighted by Crippen LogP contribution is 2.39. The largest absolute Gasteiger partial charge is 0.454 e. The van der Waals surface area contributed by atoms with Gasteiger partial charge in [0, 0.05) is 11.6 Å². The molecule has 1 heterocycles. The van der Waals surface area contributed by atoms with Crippen molar-refractivity contribution in [3.8, 4) is 17.6 Å². The lowest BCUT2D eigenvalue weighted by molar-refractivity contribution is -0.121. The van der Waals surface area contributed by atoms with E-state index in [1.54, 1.807) is 37.3 Å². The number of hydrogen-bond acceptors (Lipinski definition) is 8. The maximum Gasteiger partial charge on any atom is 0.413 e. The van der Waals surface area contributed by atoms with Crippen molar-refractivity contribution in [2.75, 3.05) is 12.0 Å². The number of nitrogens with zero attached hydrogens (tertiary/aromatic N) is 1. The summed E-state index contributed by atoms with van der Waals surface area (Å²) < 4.78 is 10.4. The van der Waals surface area contributed by atoms with Crippen LogP contribution in [0.2, 0.25) is 10.0 Å². The van der Waals surface area contributed by atoms with Crippen LogP contribution >= 0.6 is 23.2 Å². The number of alkyl carbamates (subject to hydrolysis) is 1. The number of nitriles is 1. The zero-order chi connectivity index (χ0) is 24.0. The molecule has 0 aliphatic carbocycles. The lowest BCUT2D eigenvalue weighted by atomic mass is 10.2. The van der Waals surface area contributed by atoms with Crippen molar-refractivity contribution in [3.63, 3.8) is 0 Å². The number of aromatic amines is 1. The number of pyridine rings is 1. The van der Waals surface area contributed by atoms with E-state index in [4.69, 9.17) is 33.2 Å². The molecule has 1 atom stereocenters. The number of ether oxygens (including phenoxy) is 2. The zero-order valence-electron chi connectivity index (χ0n) is 17.1. The summed E-state index contributed by atoms with van der Waals surface area (Å²) in [5.74, 6) is -0.323. The third kappa shape index (κ3) is 5.93. The summed E-state index contributed by atoms with van der Waals surface area (Å²) >= 11 is 12.6. The molecule has 3 aromatic rings. The van der Waals surface area contributed by atoms with Crippen molar-refractivity contribution >= 4 is 51.7 Å². The molecule has 1 unspecified atom stereocenters. The fourth-order valence-electron chi connectivity index (χ4n) is 2.73. The fourth-order valence-corrected chi connectivity index (χ4v) is 3.30. The molecule has 12 heteroatoms. The van der Waals surface area contributed by atoms with E-state index >= 15 is 0 Å². The van der Waals surface area contributed by atoms with Crippen LogP contribution in [0.25, 0.3) is 10.8 Å². The number of hydrazine groups is 1. The Morgan fingerprint density at radius 1 is 1.18 bits per heavy atom. The maximum atomic E-state index is 12.0. The first-order valence-electron chi connectivity index (χ1n) is 9.49. The Morgan fingerprint density at radius 2 is 1.91 bits per heavy atom. The first kappa shape index (κ1) is 23.9. The highest BCUT2D eigenvalue weighted by atomic mass is 35.5. The third-order valence-electron chi connectivity index (χ3n) is 4.22. The third-order valence-corrected chi connectivity index (χ3v) is 4.78. The van der Waals surface area contributed by atoms with Gasteiger partial charge in [-0.05, 0) is 48.7 Å². The second kappa shape index (κ2) is 10.7. The highest BCUT2D eigenvalue weighted by molar-refractivity contribution is 6.37. The van der Waals surface area contributed by atoms with Gasteiger partial charge in [-0.25, -0.2) is 10.2 Å². The van der Waals surface area contributed by atoms with Crippen molar-refractivity contribution in [3.05, 3.63) is 63.0 Å². The Morgan fingerprint density at radius 3 is 2.58 bits per heavy atom. The molecule has 4 N–H and O–H groups in total. The quantitative estimate of drug-likeness (QED) is 0.367. The Bertz CT molecular complexity index is 1280. The van der Waals surface area contributed by atoms with E-state index in [1.165, 1.54) is 18.3 Å². The van der Waals surface area contributed by atoms with E-state index in [0.717, 1.165) is 0 Å². The molecule has 10 nitrogen and oxygen atoms in total. The van der Waals surface area contributed by atoms with E-state index in [2.05, 4.69) is 20.6 Å². The minimum atomic E-state index is -1.41. The van der Waals surface area contributed by atoms with Gasteiger partial charge in [-0.2, -0.15) is 5.26 Å². The number of anilines is 1. The van der Waals surface area contributed by atoms with Gasteiger partial charge in [0.25, 0.3) is 11.5 Å². The number of H-pyrrole nitrogens is 1. The molecular weight excluding hydrogens is 473 g/mol.